The Kier molecular flexibility index (Phi) is 12.9. The number of hydrogen-bond acceptors (Lipinski definition) is 9. The third-order valence-corrected chi connectivity index (χ3v) is 7.11. The van der Waals surface area contributed by atoms with Gasteiger partial charge in [-0.15, -0.1) is 0 Å². The van der Waals surface area contributed by atoms with Crippen molar-refractivity contribution in [3.63, 3.8) is 0 Å². The Morgan fingerprint density at radius 2 is 1.76 bits per heavy atom. The normalized spacial score (nSPS) is 19.6. The molecule has 4 unspecified atom stereocenters. The molecule has 1 aromatic heterocycles. The molecule has 0 saturated carbocycles. The predicted octanol–water partition coefficient (Wildman–Crippen LogP) is 3.35. The number of carbonyl (C=O) groups excluding carboxylic acids is 2. The van der Waals surface area contributed by atoms with Crippen LogP contribution in [0.3, 0.4) is 0 Å². The Morgan fingerprint density at radius 1 is 1.04 bits per heavy atom. The second-order valence-electron chi connectivity index (χ2n) is 11.6. The third-order valence-electron chi connectivity index (χ3n) is 7.11. The standard InChI is InChI=1S/C22H20N2O2.C7H14O5.C5H10O2/c1-2-26-18-9-10-19-20(22(23)25)14-24(21(19)12-18)13-15-7-8-16-5-3-4-6-17(16)11-15;8-2-4-1-6(10)5(3-9)7(11)12-4;1-5(2,3)7-4-6/h3-12,14H,2,13H2,1H3,(H2,23,25);4-11H,1-3H2;4H,1-3H3. The van der Waals surface area contributed by atoms with E-state index in [4.69, 9.17) is 25.4 Å². The number of aromatic nitrogens is 1. The summed E-state index contributed by atoms with van der Waals surface area (Å²) in [6, 6.07) is 20.4. The average molecular weight is 625 g/mol. The molecule has 0 bridgehead atoms. The highest BCUT2D eigenvalue weighted by Crippen LogP contribution is 2.27. The number of nitrogens with two attached hydrogens (primary N) is 1. The van der Waals surface area contributed by atoms with Gasteiger partial charge in [-0.1, -0.05) is 36.4 Å². The van der Waals surface area contributed by atoms with Gasteiger partial charge < -0.3 is 44.9 Å². The highest BCUT2D eigenvalue weighted by molar-refractivity contribution is 6.06. The first-order chi connectivity index (χ1) is 21.4. The van der Waals surface area contributed by atoms with Gasteiger partial charge in [0.25, 0.3) is 12.4 Å². The van der Waals surface area contributed by atoms with E-state index in [0.29, 0.717) is 25.2 Å². The molecule has 1 aliphatic rings. The fraction of sp³-hybridized carbons (Fsp3) is 0.412. The molecule has 2 heterocycles. The highest BCUT2D eigenvalue weighted by Gasteiger charge is 2.35. The molecule has 0 aliphatic carbocycles. The van der Waals surface area contributed by atoms with E-state index in [9.17, 15) is 19.8 Å². The minimum atomic E-state index is -1.18. The van der Waals surface area contributed by atoms with Crippen LogP contribution < -0.4 is 10.5 Å². The lowest BCUT2D eigenvalue weighted by atomic mass is 9.94. The molecule has 45 heavy (non-hydrogen) atoms. The number of fused-ring (bicyclic) bond motifs is 2. The van der Waals surface area contributed by atoms with Crippen molar-refractivity contribution in [2.24, 2.45) is 11.7 Å². The number of nitrogens with zero attached hydrogens (tertiary/aromatic N) is 1. The van der Waals surface area contributed by atoms with Crippen molar-refractivity contribution in [1.29, 1.82) is 0 Å². The van der Waals surface area contributed by atoms with Crippen LogP contribution >= 0.6 is 0 Å². The molecule has 6 N–H and O–H groups in total. The Morgan fingerprint density at radius 3 is 2.31 bits per heavy atom. The minimum Gasteiger partial charge on any atom is -0.494 e. The van der Waals surface area contributed by atoms with Gasteiger partial charge in [-0.05, 0) is 62.2 Å². The van der Waals surface area contributed by atoms with Crippen LogP contribution in [0, 0.1) is 5.92 Å². The van der Waals surface area contributed by atoms with Crippen molar-refractivity contribution < 1.29 is 44.2 Å². The van der Waals surface area contributed by atoms with Crippen LogP contribution in [-0.4, -0.2) is 81.3 Å². The van der Waals surface area contributed by atoms with Gasteiger partial charge in [0, 0.05) is 30.6 Å². The van der Waals surface area contributed by atoms with Crippen LogP contribution in [0.4, 0.5) is 0 Å². The number of aliphatic hydroxyl groups excluding tert-OH is 4. The molecule has 11 heteroatoms. The highest BCUT2D eigenvalue weighted by atomic mass is 16.6. The molecule has 5 rings (SSSR count). The summed E-state index contributed by atoms with van der Waals surface area (Å²) in [6.07, 6.45) is -0.443. The zero-order valence-corrected chi connectivity index (χ0v) is 26.1. The molecule has 4 atom stereocenters. The second-order valence-corrected chi connectivity index (χ2v) is 11.6. The van der Waals surface area contributed by atoms with Crippen molar-refractivity contribution in [3.05, 3.63) is 78.0 Å². The maximum absolute atomic E-state index is 11.8. The van der Waals surface area contributed by atoms with E-state index in [1.54, 1.807) is 0 Å². The van der Waals surface area contributed by atoms with Gasteiger partial charge in [-0.25, -0.2) is 0 Å². The van der Waals surface area contributed by atoms with Gasteiger partial charge in [0.15, 0.2) is 6.29 Å². The number of rotatable bonds is 8. The SMILES string of the molecule is CC(C)(C)OC=O.CCOc1ccc2c(C(N)=O)cn(Cc3ccc4ccccc4c3)c2c1.OCC1CC(O)C(CO)C(O)O1. The number of primary amides is 1. The van der Waals surface area contributed by atoms with Crippen molar-refractivity contribution >= 4 is 34.1 Å². The van der Waals surface area contributed by atoms with Gasteiger partial charge in [0.05, 0.1) is 49.0 Å². The summed E-state index contributed by atoms with van der Waals surface area (Å²) in [4.78, 5) is 21.4. The molecular formula is C34H44N2O9. The van der Waals surface area contributed by atoms with Gasteiger partial charge in [0.1, 0.15) is 11.4 Å². The minimum absolute atomic E-state index is 0.230. The summed E-state index contributed by atoms with van der Waals surface area (Å²) in [7, 11) is 0. The number of aliphatic hydroxyl groups is 4. The van der Waals surface area contributed by atoms with E-state index in [1.165, 1.54) is 16.3 Å². The zero-order valence-electron chi connectivity index (χ0n) is 26.1. The molecule has 0 spiro atoms. The van der Waals surface area contributed by atoms with Crippen LogP contribution in [0.1, 0.15) is 50.0 Å². The zero-order chi connectivity index (χ0) is 33.1. The molecule has 1 aliphatic heterocycles. The van der Waals surface area contributed by atoms with Crippen LogP contribution in [0.25, 0.3) is 21.7 Å². The van der Waals surface area contributed by atoms with E-state index in [0.717, 1.165) is 16.7 Å². The van der Waals surface area contributed by atoms with Crippen molar-refractivity contribution in [2.45, 2.75) is 64.8 Å². The number of ether oxygens (including phenoxy) is 3. The van der Waals surface area contributed by atoms with Crippen LogP contribution in [0.2, 0.25) is 0 Å². The third kappa shape index (κ3) is 10.0. The lowest BCUT2D eigenvalue weighted by molar-refractivity contribution is -0.237. The monoisotopic (exact) mass is 624 g/mol. The molecule has 3 aromatic carbocycles. The molecule has 1 fully saturated rings. The number of benzene rings is 3. The fourth-order valence-electron chi connectivity index (χ4n) is 4.85. The second kappa shape index (κ2) is 16.4. The van der Waals surface area contributed by atoms with Crippen molar-refractivity contribution in [3.8, 4) is 5.75 Å². The van der Waals surface area contributed by atoms with E-state index < -0.39 is 30.3 Å². The van der Waals surface area contributed by atoms with E-state index in [1.807, 2.05) is 64.2 Å². The van der Waals surface area contributed by atoms with E-state index in [2.05, 4.69) is 39.6 Å². The molecule has 244 valence electrons. The van der Waals surface area contributed by atoms with Gasteiger partial charge >= 0.3 is 0 Å². The van der Waals surface area contributed by atoms with Gasteiger partial charge in [0.2, 0.25) is 0 Å². The predicted molar refractivity (Wildman–Crippen MR) is 171 cm³/mol. The largest absolute Gasteiger partial charge is 0.494 e. The number of carbonyl (C=O) groups is 2. The summed E-state index contributed by atoms with van der Waals surface area (Å²) in [6.45, 7) is 8.58. The smallest absolute Gasteiger partial charge is 0.293 e. The molecule has 11 nitrogen and oxygen atoms in total. The molecule has 4 aromatic rings. The Balaban J connectivity index is 0.000000241. The van der Waals surface area contributed by atoms with Crippen LogP contribution in [0.15, 0.2) is 66.9 Å². The van der Waals surface area contributed by atoms with E-state index in [-0.39, 0.29) is 25.2 Å². The quantitative estimate of drug-likeness (QED) is 0.184. The van der Waals surface area contributed by atoms with Gasteiger partial charge in [-0.3, -0.25) is 9.59 Å². The lowest BCUT2D eigenvalue weighted by Crippen LogP contribution is -2.46. The Labute approximate surface area is 262 Å². The molecular weight excluding hydrogens is 580 g/mol. The number of amides is 1. The Bertz CT molecular complexity index is 1530. The maximum atomic E-state index is 11.8. The van der Waals surface area contributed by atoms with Crippen LogP contribution in [-0.2, 0) is 20.8 Å². The van der Waals surface area contributed by atoms with Crippen LogP contribution in [0.5, 0.6) is 5.75 Å². The fourth-order valence-corrected chi connectivity index (χ4v) is 4.85. The summed E-state index contributed by atoms with van der Waals surface area (Å²) >= 11 is 0. The summed E-state index contributed by atoms with van der Waals surface area (Å²) in [5.41, 5.74) is 7.90. The summed E-state index contributed by atoms with van der Waals surface area (Å²) < 4.78 is 17.1. The number of hydrogen-bond donors (Lipinski definition) is 5. The summed E-state index contributed by atoms with van der Waals surface area (Å²) in [5.74, 6) is -0.293. The van der Waals surface area contributed by atoms with Crippen molar-refractivity contribution in [1.82, 2.24) is 4.57 Å². The van der Waals surface area contributed by atoms with Crippen molar-refractivity contribution in [2.75, 3.05) is 19.8 Å². The first kappa shape index (κ1) is 35.5. The maximum Gasteiger partial charge on any atom is 0.293 e. The topological polar surface area (TPSA) is 174 Å². The lowest BCUT2D eigenvalue weighted by Gasteiger charge is -2.35. The van der Waals surface area contributed by atoms with Gasteiger partial charge in [-0.2, -0.15) is 0 Å². The summed E-state index contributed by atoms with van der Waals surface area (Å²) in [5, 5.41) is 39.2. The average Bonchev–Trinajstić information content (AvgIpc) is 3.35. The Hall–Kier alpha value is -4.00. The van der Waals surface area contributed by atoms with E-state index >= 15 is 0 Å². The molecule has 0 radical (unpaired) electrons. The molecule has 1 saturated heterocycles. The first-order valence-electron chi connectivity index (χ1n) is 14.8. The molecule has 1 amide bonds. The first-order valence-corrected chi connectivity index (χ1v) is 14.8.